The zero-order valence-electron chi connectivity index (χ0n) is 6.56. The summed E-state index contributed by atoms with van der Waals surface area (Å²) in [7, 11) is 0. The first-order chi connectivity index (χ1) is 4.85. The van der Waals surface area contributed by atoms with Gasteiger partial charge in [0.05, 0.1) is 0 Å². The summed E-state index contributed by atoms with van der Waals surface area (Å²) in [4.78, 5) is 0. The Labute approximate surface area is 63.5 Å². The molecule has 1 atom stereocenters. The monoisotopic (exact) mass is 137 g/mol. The Balaban J connectivity index is 3.41. The maximum absolute atomic E-state index is 5.16. The summed E-state index contributed by atoms with van der Waals surface area (Å²) >= 11 is 0. The van der Waals surface area contributed by atoms with Crippen LogP contribution in [0.4, 0.5) is 0 Å². The smallest absolute Gasteiger partial charge is 0.0240 e. The lowest BCUT2D eigenvalue weighted by Crippen LogP contribution is -2.27. The van der Waals surface area contributed by atoms with E-state index in [0.717, 1.165) is 19.4 Å². The minimum atomic E-state index is 0.461. The van der Waals surface area contributed by atoms with Crippen LogP contribution in [0, 0.1) is 12.3 Å². The molecule has 0 fully saturated rings. The fraction of sp³-hybridized carbons (Fsp3) is 0.556. The molecule has 0 bridgehead atoms. The predicted octanol–water partition coefficient (Wildman–Crippen LogP) is 1.56. The van der Waals surface area contributed by atoms with Crippen LogP contribution in [0.25, 0.3) is 0 Å². The van der Waals surface area contributed by atoms with Crippen LogP contribution >= 0.6 is 0 Å². The summed E-state index contributed by atoms with van der Waals surface area (Å²) in [5.74, 6) is 2.63. The van der Waals surface area contributed by atoms with Crippen molar-refractivity contribution in [3.8, 4) is 12.3 Å². The van der Waals surface area contributed by atoms with Gasteiger partial charge < -0.3 is 5.32 Å². The van der Waals surface area contributed by atoms with Gasteiger partial charge >= 0.3 is 0 Å². The van der Waals surface area contributed by atoms with Gasteiger partial charge in [-0.15, -0.1) is 18.9 Å². The van der Waals surface area contributed by atoms with Crippen LogP contribution < -0.4 is 5.32 Å². The normalized spacial score (nSPS) is 12.0. The van der Waals surface area contributed by atoms with Crippen LogP contribution in [-0.4, -0.2) is 12.6 Å². The van der Waals surface area contributed by atoms with Crippen molar-refractivity contribution in [2.45, 2.75) is 25.8 Å². The number of terminal acetylenes is 1. The van der Waals surface area contributed by atoms with E-state index in [1.54, 1.807) is 0 Å². The van der Waals surface area contributed by atoms with Gasteiger partial charge in [-0.3, -0.25) is 0 Å². The lowest BCUT2D eigenvalue weighted by Gasteiger charge is -2.11. The molecule has 1 unspecified atom stereocenters. The Morgan fingerprint density at radius 1 is 1.80 bits per heavy atom. The Morgan fingerprint density at radius 2 is 2.50 bits per heavy atom. The zero-order chi connectivity index (χ0) is 7.82. The molecule has 10 heavy (non-hydrogen) atoms. The summed E-state index contributed by atoms with van der Waals surface area (Å²) in [6.45, 7) is 6.58. The molecule has 0 spiro atoms. The lowest BCUT2D eigenvalue weighted by molar-refractivity contribution is 0.536. The summed E-state index contributed by atoms with van der Waals surface area (Å²) in [5, 5.41) is 3.26. The molecule has 1 heteroatoms. The molecule has 0 aromatic heterocycles. The quantitative estimate of drug-likeness (QED) is 0.448. The fourth-order valence-corrected chi connectivity index (χ4v) is 0.753. The summed E-state index contributed by atoms with van der Waals surface area (Å²) in [5.41, 5.74) is 0. The molecule has 0 radical (unpaired) electrons. The van der Waals surface area contributed by atoms with Crippen LogP contribution in [0.2, 0.25) is 0 Å². The topological polar surface area (TPSA) is 12.0 Å². The van der Waals surface area contributed by atoms with Gasteiger partial charge in [0.2, 0.25) is 0 Å². The molecule has 0 aliphatic rings. The number of rotatable bonds is 5. The van der Waals surface area contributed by atoms with Crippen LogP contribution in [-0.2, 0) is 0 Å². The lowest BCUT2D eigenvalue weighted by atomic mass is 10.1. The molecular weight excluding hydrogens is 122 g/mol. The SMILES string of the molecule is C#CCC(CC)NCC=C. The minimum Gasteiger partial charge on any atom is -0.310 e. The van der Waals surface area contributed by atoms with Crippen molar-refractivity contribution in [2.24, 2.45) is 0 Å². The first-order valence-electron chi connectivity index (χ1n) is 3.62. The van der Waals surface area contributed by atoms with Crippen LogP contribution in [0.1, 0.15) is 19.8 Å². The van der Waals surface area contributed by atoms with Gasteiger partial charge in [-0.2, -0.15) is 0 Å². The maximum atomic E-state index is 5.16. The van der Waals surface area contributed by atoms with Crippen molar-refractivity contribution in [3.05, 3.63) is 12.7 Å². The molecule has 1 nitrogen and oxygen atoms in total. The largest absolute Gasteiger partial charge is 0.310 e. The first kappa shape index (κ1) is 9.26. The third-order valence-electron chi connectivity index (χ3n) is 1.41. The van der Waals surface area contributed by atoms with Crippen molar-refractivity contribution in [3.63, 3.8) is 0 Å². The fourth-order valence-electron chi connectivity index (χ4n) is 0.753. The minimum absolute atomic E-state index is 0.461. The molecule has 0 aliphatic heterocycles. The van der Waals surface area contributed by atoms with Crippen molar-refractivity contribution < 1.29 is 0 Å². The molecule has 0 aliphatic carbocycles. The van der Waals surface area contributed by atoms with E-state index < -0.39 is 0 Å². The third-order valence-corrected chi connectivity index (χ3v) is 1.41. The highest BCUT2D eigenvalue weighted by atomic mass is 14.9. The number of hydrogen-bond donors (Lipinski definition) is 1. The standard InChI is InChI=1S/C9H15N/c1-4-7-9(6-3)10-8-5-2/h1,5,9-10H,2,6-8H2,3H3. The second-order valence-electron chi connectivity index (χ2n) is 2.21. The predicted molar refractivity (Wildman–Crippen MR) is 45.7 cm³/mol. The molecule has 56 valence electrons. The van der Waals surface area contributed by atoms with Crippen molar-refractivity contribution in [1.29, 1.82) is 0 Å². The summed E-state index contributed by atoms with van der Waals surface area (Å²) < 4.78 is 0. The van der Waals surface area contributed by atoms with Gasteiger partial charge in [0.15, 0.2) is 0 Å². The van der Waals surface area contributed by atoms with Crippen molar-refractivity contribution in [1.82, 2.24) is 5.32 Å². The first-order valence-corrected chi connectivity index (χ1v) is 3.62. The van der Waals surface area contributed by atoms with E-state index in [4.69, 9.17) is 6.42 Å². The van der Waals surface area contributed by atoms with Gasteiger partial charge in [0.1, 0.15) is 0 Å². The summed E-state index contributed by atoms with van der Waals surface area (Å²) in [6, 6.07) is 0.461. The Bertz CT molecular complexity index is 121. The molecule has 0 rings (SSSR count). The molecular formula is C9H15N. The molecule has 1 N–H and O–H groups in total. The van der Waals surface area contributed by atoms with E-state index in [9.17, 15) is 0 Å². The van der Waals surface area contributed by atoms with Crippen molar-refractivity contribution in [2.75, 3.05) is 6.54 Å². The van der Waals surface area contributed by atoms with Crippen LogP contribution in [0.5, 0.6) is 0 Å². The molecule has 0 amide bonds. The summed E-state index contributed by atoms with van der Waals surface area (Å²) in [6.07, 6.45) is 8.90. The molecule has 0 aromatic rings. The Hall–Kier alpha value is -0.740. The second kappa shape index (κ2) is 6.38. The second-order valence-corrected chi connectivity index (χ2v) is 2.21. The Kier molecular flexibility index (Phi) is 5.91. The maximum Gasteiger partial charge on any atom is 0.0240 e. The highest BCUT2D eigenvalue weighted by Gasteiger charge is 1.99. The van der Waals surface area contributed by atoms with E-state index in [1.807, 2.05) is 6.08 Å². The van der Waals surface area contributed by atoms with E-state index in [2.05, 4.69) is 24.7 Å². The van der Waals surface area contributed by atoms with Crippen molar-refractivity contribution >= 4 is 0 Å². The highest BCUT2D eigenvalue weighted by Crippen LogP contribution is 1.94. The van der Waals surface area contributed by atoms with Crippen LogP contribution in [0.15, 0.2) is 12.7 Å². The van der Waals surface area contributed by atoms with Gasteiger partial charge in [-0.05, 0) is 6.42 Å². The highest BCUT2D eigenvalue weighted by molar-refractivity contribution is 4.90. The average Bonchev–Trinajstić information content (AvgIpc) is 1.98. The number of nitrogens with one attached hydrogen (secondary N) is 1. The number of hydrogen-bond acceptors (Lipinski definition) is 1. The zero-order valence-corrected chi connectivity index (χ0v) is 6.56. The van der Waals surface area contributed by atoms with E-state index in [0.29, 0.717) is 6.04 Å². The molecule has 0 heterocycles. The van der Waals surface area contributed by atoms with Gasteiger partial charge in [-0.1, -0.05) is 13.0 Å². The average molecular weight is 137 g/mol. The third kappa shape index (κ3) is 4.17. The van der Waals surface area contributed by atoms with Crippen LogP contribution in [0.3, 0.4) is 0 Å². The molecule has 0 saturated carbocycles. The Morgan fingerprint density at radius 3 is 2.90 bits per heavy atom. The molecule has 0 aromatic carbocycles. The van der Waals surface area contributed by atoms with Gasteiger partial charge in [0.25, 0.3) is 0 Å². The van der Waals surface area contributed by atoms with Gasteiger partial charge in [0, 0.05) is 19.0 Å². The molecule has 0 saturated heterocycles. The van der Waals surface area contributed by atoms with Gasteiger partial charge in [-0.25, -0.2) is 0 Å². The van der Waals surface area contributed by atoms with E-state index >= 15 is 0 Å². The van der Waals surface area contributed by atoms with E-state index in [1.165, 1.54) is 0 Å². The van der Waals surface area contributed by atoms with E-state index in [-0.39, 0.29) is 0 Å².